The molecule has 4 nitrogen and oxygen atoms in total. The Labute approximate surface area is 236 Å². The fraction of sp³-hybridized carbons (Fsp3) is 0.471. The summed E-state index contributed by atoms with van der Waals surface area (Å²) in [5.41, 5.74) is 4.05. The standard InChI is InChI=1S/C34H45NO3Si/c1-8-9-10-11-12-13-17-32(38-39(6,7)34(2,3)4)28-20-19-27-21-23-30(35-31(27)25-28)22-18-26-15-14-16-29(24-26)33(36)37-5/h14-16,19-21,23-25,32H,8-13,17H2,1-7H3. The summed E-state index contributed by atoms with van der Waals surface area (Å²) in [5.74, 6) is 5.93. The van der Waals surface area contributed by atoms with E-state index in [0.717, 1.165) is 22.9 Å². The molecule has 2 aromatic carbocycles. The number of rotatable bonds is 11. The van der Waals surface area contributed by atoms with Gasteiger partial charge in [0.1, 0.15) is 5.69 Å². The van der Waals surface area contributed by atoms with E-state index in [0.29, 0.717) is 11.3 Å². The maximum atomic E-state index is 11.8. The molecule has 0 aliphatic carbocycles. The van der Waals surface area contributed by atoms with Crippen molar-refractivity contribution >= 4 is 25.2 Å². The van der Waals surface area contributed by atoms with Gasteiger partial charge in [-0.25, -0.2) is 9.78 Å². The molecule has 1 atom stereocenters. The molecule has 0 radical (unpaired) electrons. The first-order chi connectivity index (χ1) is 18.5. The summed E-state index contributed by atoms with van der Waals surface area (Å²) in [7, 11) is -0.573. The van der Waals surface area contributed by atoms with Crippen LogP contribution in [0.2, 0.25) is 18.1 Å². The van der Waals surface area contributed by atoms with Crippen molar-refractivity contribution in [2.75, 3.05) is 7.11 Å². The molecular formula is C34H45NO3Si. The second-order valence-corrected chi connectivity index (χ2v) is 16.7. The first-order valence-electron chi connectivity index (χ1n) is 14.3. The number of methoxy groups -OCH3 is 1. The van der Waals surface area contributed by atoms with Crippen LogP contribution in [0.1, 0.15) is 106 Å². The van der Waals surface area contributed by atoms with Crippen LogP contribution in [-0.4, -0.2) is 26.4 Å². The van der Waals surface area contributed by atoms with Crippen molar-refractivity contribution < 1.29 is 14.0 Å². The molecule has 0 aliphatic heterocycles. The van der Waals surface area contributed by atoms with Gasteiger partial charge in [0.05, 0.1) is 24.3 Å². The van der Waals surface area contributed by atoms with E-state index in [-0.39, 0.29) is 17.1 Å². The molecule has 0 amide bonds. The highest BCUT2D eigenvalue weighted by atomic mass is 28.4. The van der Waals surface area contributed by atoms with E-state index in [1.165, 1.54) is 51.2 Å². The molecule has 1 heterocycles. The molecule has 0 spiro atoms. The lowest BCUT2D eigenvalue weighted by molar-refractivity contribution is 0.0600. The number of unbranched alkanes of at least 4 members (excludes halogenated alkanes) is 5. The minimum absolute atomic E-state index is 0.0686. The number of carbonyl (C=O) groups is 1. The smallest absolute Gasteiger partial charge is 0.337 e. The van der Waals surface area contributed by atoms with Crippen LogP contribution in [0, 0.1) is 11.8 Å². The number of pyridine rings is 1. The highest BCUT2D eigenvalue weighted by Gasteiger charge is 2.39. The summed E-state index contributed by atoms with van der Waals surface area (Å²) >= 11 is 0. The molecule has 0 bridgehead atoms. The van der Waals surface area contributed by atoms with Gasteiger partial charge in [0.25, 0.3) is 0 Å². The predicted octanol–water partition coefficient (Wildman–Crippen LogP) is 9.23. The van der Waals surface area contributed by atoms with Gasteiger partial charge in [0.15, 0.2) is 8.32 Å². The molecule has 0 fully saturated rings. The zero-order valence-electron chi connectivity index (χ0n) is 24.9. The van der Waals surface area contributed by atoms with Gasteiger partial charge in [-0.05, 0) is 66.4 Å². The lowest BCUT2D eigenvalue weighted by Gasteiger charge is -2.39. The Bertz CT molecular complexity index is 1310. The Hall–Kier alpha value is -2.94. The van der Waals surface area contributed by atoms with Crippen molar-refractivity contribution in [2.45, 2.75) is 96.9 Å². The van der Waals surface area contributed by atoms with Crippen molar-refractivity contribution in [3.05, 3.63) is 77.0 Å². The third kappa shape index (κ3) is 8.78. The minimum atomic E-state index is -1.95. The number of esters is 1. The summed E-state index contributed by atoms with van der Waals surface area (Å²) in [4.78, 5) is 16.7. The number of benzene rings is 2. The fourth-order valence-electron chi connectivity index (χ4n) is 4.32. The Morgan fingerprint density at radius 1 is 0.949 bits per heavy atom. The van der Waals surface area contributed by atoms with Crippen LogP contribution in [0.4, 0.5) is 0 Å². The number of hydrogen-bond donors (Lipinski definition) is 0. The Morgan fingerprint density at radius 2 is 1.67 bits per heavy atom. The Balaban J connectivity index is 1.86. The molecule has 1 aromatic heterocycles. The molecule has 0 N–H and O–H groups in total. The van der Waals surface area contributed by atoms with Gasteiger partial charge in [-0.15, -0.1) is 0 Å². The second kappa shape index (κ2) is 13.9. The summed E-state index contributed by atoms with van der Waals surface area (Å²) in [6, 6.07) is 17.7. The lowest BCUT2D eigenvalue weighted by atomic mass is 10.0. The average molecular weight is 544 g/mol. The highest BCUT2D eigenvalue weighted by Crippen LogP contribution is 2.41. The number of ether oxygens (including phenoxy) is 1. The van der Waals surface area contributed by atoms with Crippen molar-refractivity contribution in [3.8, 4) is 11.8 Å². The number of fused-ring (bicyclic) bond motifs is 1. The summed E-state index contributed by atoms with van der Waals surface area (Å²) in [6.45, 7) is 13.8. The molecule has 0 saturated heterocycles. The van der Waals surface area contributed by atoms with Crippen LogP contribution in [0.3, 0.4) is 0 Å². The molecule has 0 aliphatic rings. The van der Waals surface area contributed by atoms with Crippen LogP contribution < -0.4 is 0 Å². The maximum absolute atomic E-state index is 11.8. The van der Waals surface area contributed by atoms with E-state index in [9.17, 15) is 4.79 Å². The molecule has 3 aromatic rings. The van der Waals surface area contributed by atoms with Crippen LogP contribution in [0.15, 0.2) is 54.6 Å². The third-order valence-electron chi connectivity index (χ3n) is 7.77. The number of hydrogen-bond acceptors (Lipinski definition) is 4. The molecule has 0 saturated carbocycles. The van der Waals surface area contributed by atoms with Crippen molar-refractivity contribution in [3.63, 3.8) is 0 Å². The average Bonchev–Trinajstić information content (AvgIpc) is 2.91. The van der Waals surface area contributed by atoms with Crippen molar-refractivity contribution in [2.24, 2.45) is 0 Å². The maximum Gasteiger partial charge on any atom is 0.337 e. The number of carbonyl (C=O) groups excluding carboxylic acids is 1. The number of nitrogens with zero attached hydrogens (tertiary/aromatic N) is 1. The largest absolute Gasteiger partial charge is 0.465 e. The summed E-state index contributed by atoms with van der Waals surface area (Å²) in [5, 5.41) is 1.23. The van der Waals surface area contributed by atoms with Crippen LogP contribution in [0.25, 0.3) is 10.9 Å². The van der Waals surface area contributed by atoms with Crippen molar-refractivity contribution in [1.29, 1.82) is 0 Å². The van der Waals surface area contributed by atoms with Gasteiger partial charge in [-0.1, -0.05) is 96.4 Å². The van der Waals surface area contributed by atoms with E-state index in [1.54, 1.807) is 12.1 Å². The lowest BCUT2D eigenvalue weighted by Crippen LogP contribution is -2.41. The summed E-state index contributed by atoms with van der Waals surface area (Å²) in [6.07, 6.45) is 8.73. The first kappa shape index (κ1) is 30.6. The van der Waals surface area contributed by atoms with Gasteiger partial charge in [0, 0.05) is 10.9 Å². The van der Waals surface area contributed by atoms with Crippen LogP contribution in [0.5, 0.6) is 0 Å². The van der Waals surface area contributed by atoms with Gasteiger partial charge in [-0.3, -0.25) is 0 Å². The SMILES string of the molecule is CCCCCCCCC(O[Si](C)(C)C(C)(C)C)c1ccc2ccc(C#Cc3cccc(C(=O)OC)c3)nc2c1. The van der Waals surface area contributed by atoms with Gasteiger partial charge >= 0.3 is 5.97 Å². The van der Waals surface area contributed by atoms with E-state index in [4.69, 9.17) is 14.1 Å². The molecule has 5 heteroatoms. The molecule has 1 unspecified atom stereocenters. The topological polar surface area (TPSA) is 48.4 Å². The van der Waals surface area contributed by atoms with Crippen LogP contribution >= 0.6 is 0 Å². The Morgan fingerprint density at radius 3 is 2.38 bits per heavy atom. The third-order valence-corrected chi connectivity index (χ3v) is 12.3. The van der Waals surface area contributed by atoms with E-state index >= 15 is 0 Å². The van der Waals surface area contributed by atoms with Gasteiger partial charge in [0.2, 0.25) is 0 Å². The highest BCUT2D eigenvalue weighted by molar-refractivity contribution is 6.74. The number of aromatic nitrogens is 1. The molecule has 39 heavy (non-hydrogen) atoms. The van der Waals surface area contributed by atoms with Crippen LogP contribution in [-0.2, 0) is 9.16 Å². The molecule has 3 rings (SSSR count). The summed E-state index contributed by atoms with van der Waals surface area (Å²) < 4.78 is 11.8. The predicted molar refractivity (Wildman–Crippen MR) is 165 cm³/mol. The van der Waals surface area contributed by atoms with Crippen molar-refractivity contribution in [1.82, 2.24) is 4.98 Å². The quantitative estimate of drug-likeness (QED) is 0.105. The van der Waals surface area contributed by atoms with E-state index in [2.05, 4.69) is 76.9 Å². The Kier molecular flexibility index (Phi) is 10.9. The second-order valence-electron chi connectivity index (χ2n) is 11.9. The van der Waals surface area contributed by atoms with E-state index in [1.807, 2.05) is 18.2 Å². The van der Waals surface area contributed by atoms with Gasteiger partial charge in [-0.2, -0.15) is 0 Å². The van der Waals surface area contributed by atoms with Gasteiger partial charge < -0.3 is 9.16 Å². The molecule has 208 valence electrons. The minimum Gasteiger partial charge on any atom is -0.465 e. The monoisotopic (exact) mass is 543 g/mol. The first-order valence-corrected chi connectivity index (χ1v) is 17.2. The fourth-order valence-corrected chi connectivity index (χ4v) is 5.64. The van der Waals surface area contributed by atoms with E-state index < -0.39 is 8.32 Å². The normalized spacial score (nSPS) is 12.6. The molecular weight excluding hydrogens is 498 g/mol. The zero-order valence-corrected chi connectivity index (χ0v) is 25.9. The zero-order chi connectivity index (χ0) is 28.5.